The topological polar surface area (TPSA) is 67.4 Å². The summed E-state index contributed by atoms with van der Waals surface area (Å²) in [4.78, 5) is 23.1. The van der Waals surface area contributed by atoms with Gasteiger partial charge in [-0.3, -0.25) is 0 Å². The fraction of sp³-hybridized carbons (Fsp3) is 0.176. The highest BCUT2D eigenvalue weighted by molar-refractivity contribution is 5.90. The Kier molecular flexibility index (Phi) is 5.14. The van der Waals surface area contributed by atoms with Gasteiger partial charge in [-0.05, 0) is 42.3 Å². The summed E-state index contributed by atoms with van der Waals surface area (Å²) in [6.07, 6.45) is 0. The van der Waals surface area contributed by atoms with Gasteiger partial charge in [0.1, 0.15) is 0 Å². The molecule has 2 N–H and O–H groups in total. The Labute approximate surface area is 129 Å². The molecular weight excluding hydrogens is 280 g/mol. The van der Waals surface area contributed by atoms with Crippen LogP contribution in [0, 0.1) is 6.92 Å². The van der Waals surface area contributed by atoms with Crippen LogP contribution in [0.15, 0.2) is 48.5 Å². The molecule has 22 heavy (non-hydrogen) atoms. The Bertz CT molecular complexity index is 666. The van der Waals surface area contributed by atoms with Crippen LogP contribution in [0.2, 0.25) is 0 Å². The molecule has 0 saturated heterocycles. The number of amides is 2. The van der Waals surface area contributed by atoms with Crippen LogP contribution in [0.5, 0.6) is 0 Å². The predicted octanol–water partition coefficient (Wildman–Crippen LogP) is 3.10. The van der Waals surface area contributed by atoms with Crippen molar-refractivity contribution in [1.29, 1.82) is 0 Å². The number of anilines is 1. The van der Waals surface area contributed by atoms with Gasteiger partial charge in [0.2, 0.25) is 0 Å². The minimum absolute atomic E-state index is 0.275. The van der Waals surface area contributed by atoms with E-state index in [1.54, 1.807) is 24.3 Å². The van der Waals surface area contributed by atoms with Crippen molar-refractivity contribution < 1.29 is 14.3 Å². The van der Waals surface area contributed by atoms with Crippen molar-refractivity contribution in [2.45, 2.75) is 13.5 Å². The number of aryl methyl sites for hydroxylation is 1. The summed E-state index contributed by atoms with van der Waals surface area (Å²) in [5.74, 6) is -0.378. The van der Waals surface area contributed by atoms with E-state index in [2.05, 4.69) is 15.4 Å². The summed E-state index contributed by atoms with van der Waals surface area (Å²) in [5, 5.41) is 5.53. The number of carbonyl (C=O) groups is 2. The zero-order valence-corrected chi connectivity index (χ0v) is 12.6. The number of methoxy groups -OCH3 is 1. The molecule has 2 aromatic carbocycles. The SMILES string of the molecule is COC(=O)c1ccc(CNC(=O)Nc2cccc(C)c2)cc1. The molecule has 0 aliphatic carbocycles. The number of hydrogen-bond acceptors (Lipinski definition) is 3. The number of rotatable bonds is 4. The van der Waals surface area contributed by atoms with Gasteiger partial charge >= 0.3 is 12.0 Å². The van der Waals surface area contributed by atoms with E-state index in [0.717, 1.165) is 16.8 Å². The summed E-state index contributed by atoms with van der Waals surface area (Å²) in [6.45, 7) is 2.34. The van der Waals surface area contributed by atoms with Crippen molar-refractivity contribution in [2.75, 3.05) is 12.4 Å². The van der Waals surface area contributed by atoms with Crippen LogP contribution >= 0.6 is 0 Å². The maximum Gasteiger partial charge on any atom is 0.337 e. The number of ether oxygens (including phenoxy) is 1. The Morgan fingerprint density at radius 1 is 1.09 bits per heavy atom. The second kappa shape index (κ2) is 7.26. The van der Waals surface area contributed by atoms with E-state index in [4.69, 9.17) is 0 Å². The third-order valence-electron chi connectivity index (χ3n) is 3.10. The number of urea groups is 1. The summed E-state index contributed by atoms with van der Waals surface area (Å²) >= 11 is 0. The second-order valence-electron chi connectivity index (χ2n) is 4.87. The molecule has 0 fully saturated rings. The number of benzene rings is 2. The van der Waals surface area contributed by atoms with Crippen LogP contribution in [-0.4, -0.2) is 19.1 Å². The molecule has 0 aromatic heterocycles. The minimum atomic E-state index is -0.378. The Balaban J connectivity index is 1.87. The van der Waals surface area contributed by atoms with Gasteiger partial charge in [-0.1, -0.05) is 24.3 Å². The largest absolute Gasteiger partial charge is 0.465 e. The molecule has 0 spiro atoms. The first-order valence-corrected chi connectivity index (χ1v) is 6.87. The van der Waals surface area contributed by atoms with E-state index in [1.165, 1.54) is 7.11 Å². The lowest BCUT2D eigenvalue weighted by Crippen LogP contribution is -2.28. The third-order valence-corrected chi connectivity index (χ3v) is 3.10. The average molecular weight is 298 g/mol. The van der Waals surface area contributed by atoms with Crippen molar-refractivity contribution in [3.8, 4) is 0 Å². The minimum Gasteiger partial charge on any atom is -0.465 e. The van der Waals surface area contributed by atoms with Crippen LogP contribution in [-0.2, 0) is 11.3 Å². The van der Waals surface area contributed by atoms with Crippen molar-refractivity contribution >= 4 is 17.7 Å². The lowest BCUT2D eigenvalue weighted by Gasteiger charge is -2.08. The Hall–Kier alpha value is -2.82. The summed E-state index contributed by atoms with van der Waals surface area (Å²) in [6, 6.07) is 14.2. The molecule has 0 radical (unpaired) electrons. The average Bonchev–Trinajstić information content (AvgIpc) is 2.52. The standard InChI is InChI=1S/C17H18N2O3/c1-12-4-3-5-15(10-12)19-17(21)18-11-13-6-8-14(9-7-13)16(20)22-2/h3-10H,11H2,1-2H3,(H2,18,19,21). The molecular formula is C17H18N2O3. The van der Waals surface area contributed by atoms with Crippen LogP contribution in [0.3, 0.4) is 0 Å². The quantitative estimate of drug-likeness (QED) is 0.852. The van der Waals surface area contributed by atoms with E-state index < -0.39 is 0 Å². The highest BCUT2D eigenvalue weighted by Gasteiger charge is 2.05. The zero-order chi connectivity index (χ0) is 15.9. The molecule has 2 aromatic rings. The van der Waals surface area contributed by atoms with Gasteiger partial charge < -0.3 is 15.4 Å². The fourth-order valence-electron chi connectivity index (χ4n) is 1.96. The second-order valence-corrected chi connectivity index (χ2v) is 4.87. The molecule has 0 bridgehead atoms. The Morgan fingerprint density at radius 3 is 2.45 bits per heavy atom. The van der Waals surface area contributed by atoms with Crippen molar-refractivity contribution in [1.82, 2.24) is 5.32 Å². The van der Waals surface area contributed by atoms with Crippen LogP contribution < -0.4 is 10.6 Å². The van der Waals surface area contributed by atoms with E-state index in [0.29, 0.717) is 12.1 Å². The highest BCUT2D eigenvalue weighted by atomic mass is 16.5. The van der Waals surface area contributed by atoms with Gasteiger partial charge in [-0.2, -0.15) is 0 Å². The maximum absolute atomic E-state index is 11.8. The fourth-order valence-corrected chi connectivity index (χ4v) is 1.96. The lowest BCUT2D eigenvalue weighted by atomic mass is 10.1. The predicted molar refractivity (Wildman–Crippen MR) is 84.8 cm³/mol. The number of esters is 1. The van der Waals surface area contributed by atoms with Gasteiger partial charge in [0.05, 0.1) is 12.7 Å². The molecule has 114 valence electrons. The van der Waals surface area contributed by atoms with Crippen molar-refractivity contribution in [2.24, 2.45) is 0 Å². The molecule has 5 heteroatoms. The van der Waals surface area contributed by atoms with Crippen molar-refractivity contribution in [3.05, 3.63) is 65.2 Å². The third kappa shape index (κ3) is 4.34. The van der Waals surface area contributed by atoms with Gasteiger partial charge in [0.25, 0.3) is 0 Å². The van der Waals surface area contributed by atoms with Gasteiger partial charge in [-0.25, -0.2) is 9.59 Å². The van der Waals surface area contributed by atoms with Gasteiger partial charge in [0.15, 0.2) is 0 Å². The molecule has 0 saturated carbocycles. The summed E-state index contributed by atoms with van der Waals surface area (Å²) in [5.41, 5.74) is 3.21. The molecule has 0 atom stereocenters. The first-order valence-electron chi connectivity index (χ1n) is 6.87. The van der Waals surface area contributed by atoms with E-state index in [1.807, 2.05) is 31.2 Å². The first kappa shape index (κ1) is 15.6. The monoisotopic (exact) mass is 298 g/mol. The number of nitrogens with one attached hydrogen (secondary N) is 2. The highest BCUT2D eigenvalue weighted by Crippen LogP contribution is 2.09. The van der Waals surface area contributed by atoms with E-state index in [-0.39, 0.29) is 12.0 Å². The van der Waals surface area contributed by atoms with Crippen LogP contribution in [0.25, 0.3) is 0 Å². The number of carbonyl (C=O) groups excluding carboxylic acids is 2. The molecule has 5 nitrogen and oxygen atoms in total. The zero-order valence-electron chi connectivity index (χ0n) is 12.6. The molecule has 0 aliphatic heterocycles. The smallest absolute Gasteiger partial charge is 0.337 e. The van der Waals surface area contributed by atoms with Crippen molar-refractivity contribution in [3.63, 3.8) is 0 Å². The van der Waals surface area contributed by atoms with E-state index >= 15 is 0 Å². The molecule has 2 amide bonds. The van der Waals surface area contributed by atoms with E-state index in [9.17, 15) is 9.59 Å². The summed E-state index contributed by atoms with van der Waals surface area (Å²) < 4.78 is 4.63. The maximum atomic E-state index is 11.8. The Morgan fingerprint density at radius 2 is 1.82 bits per heavy atom. The first-order chi connectivity index (χ1) is 10.6. The summed E-state index contributed by atoms with van der Waals surface area (Å²) in [7, 11) is 1.34. The molecule has 0 aliphatic rings. The molecule has 0 heterocycles. The lowest BCUT2D eigenvalue weighted by molar-refractivity contribution is 0.0600. The molecule has 2 rings (SSSR count). The van der Waals surface area contributed by atoms with Crippen LogP contribution in [0.1, 0.15) is 21.5 Å². The normalized spacial score (nSPS) is 9.91. The number of hydrogen-bond donors (Lipinski definition) is 2. The molecule has 0 unspecified atom stereocenters. The van der Waals surface area contributed by atoms with Crippen LogP contribution in [0.4, 0.5) is 10.5 Å². The van der Waals surface area contributed by atoms with Gasteiger partial charge in [-0.15, -0.1) is 0 Å². The van der Waals surface area contributed by atoms with Gasteiger partial charge in [0, 0.05) is 12.2 Å².